The molecule has 0 radical (unpaired) electrons. The van der Waals surface area contributed by atoms with E-state index in [4.69, 9.17) is 0 Å². The number of hydrogen-bond donors (Lipinski definition) is 1. The zero-order valence-electron chi connectivity index (χ0n) is 16.2. The zero-order chi connectivity index (χ0) is 19.2. The Kier molecular flexibility index (Phi) is 6.47. The largest absolute Gasteiger partial charge is 0.354 e. The Morgan fingerprint density at radius 2 is 1.68 bits per heavy atom. The van der Waals surface area contributed by atoms with Crippen molar-refractivity contribution in [1.82, 2.24) is 15.3 Å². The first-order valence-corrected chi connectivity index (χ1v) is 11.2. The third-order valence-electron chi connectivity index (χ3n) is 5.72. The van der Waals surface area contributed by atoms with E-state index in [2.05, 4.69) is 32.3 Å². The number of nitrogens with zero attached hydrogens (tertiary/aromatic N) is 3. The van der Waals surface area contributed by atoms with Crippen LogP contribution in [0.2, 0.25) is 0 Å². The standard InChI is InChI=1S/C22H28N4OS/c27-21(25-18-7-3-1-4-8-18)17-11-15-26(16-12-17)20-22(24-14-13-23-20)28-19-9-5-2-6-10-19/h2,5-6,9-10,13-14,17-18H,1,3-4,7-8,11-12,15-16H2,(H,25,27). The first-order valence-electron chi connectivity index (χ1n) is 10.4. The van der Waals surface area contributed by atoms with Gasteiger partial charge >= 0.3 is 0 Å². The van der Waals surface area contributed by atoms with Crippen LogP contribution in [0.4, 0.5) is 5.82 Å². The number of rotatable bonds is 5. The molecular weight excluding hydrogens is 368 g/mol. The Morgan fingerprint density at radius 1 is 0.964 bits per heavy atom. The van der Waals surface area contributed by atoms with Crippen LogP contribution in [0.3, 0.4) is 0 Å². The van der Waals surface area contributed by atoms with Gasteiger partial charge in [0.05, 0.1) is 0 Å². The van der Waals surface area contributed by atoms with Crippen LogP contribution in [0.1, 0.15) is 44.9 Å². The summed E-state index contributed by atoms with van der Waals surface area (Å²) < 4.78 is 0. The normalized spacial score (nSPS) is 18.8. The number of piperidine rings is 1. The summed E-state index contributed by atoms with van der Waals surface area (Å²) in [5.41, 5.74) is 0. The highest BCUT2D eigenvalue weighted by molar-refractivity contribution is 7.99. The van der Waals surface area contributed by atoms with E-state index >= 15 is 0 Å². The molecular formula is C22H28N4OS. The van der Waals surface area contributed by atoms with E-state index in [0.717, 1.165) is 54.5 Å². The number of benzene rings is 1. The van der Waals surface area contributed by atoms with Gasteiger partial charge in [0.25, 0.3) is 0 Å². The second-order valence-electron chi connectivity index (χ2n) is 7.71. The first-order chi connectivity index (χ1) is 13.8. The molecule has 5 nitrogen and oxygen atoms in total. The van der Waals surface area contributed by atoms with Gasteiger partial charge in [0, 0.05) is 42.3 Å². The fourth-order valence-electron chi connectivity index (χ4n) is 4.13. The van der Waals surface area contributed by atoms with Crippen LogP contribution >= 0.6 is 11.8 Å². The smallest absolute Gasteiger partial charge is 0.223 e. The minimum absolute atomic E-state index is 0.125. The lowest BCUT2D eigenvalue weighted by Gasteiger charge is -2.33. The van der Waals surface area contributed by atoms with Crippen molar-refractivity contribution in [2.75, 3.05) is 18.0 Å². The van der Waals surface area contributed by atoms with E-state index in [1.165, 1.54) is 19.3 Å². The number of aromatic nitrogens is 2. The summed E-state index contributed by atoms with van der Waals surface area (Å²) in [6, 6.07) is 10.7. The molecule has 1 aliphatic carbocycles. The summed E-state index contributed by atoms with van der Waals surface area (Å²) in [5.74, 6) is 1.31. The van der Waals surface area contributed by atoms with Gasteiger partial charge < -0.3 is 10.2 Å². The average Bonchev–Trinajstić information content (AvgIpc) is 2.76. The van der Waals surface area contributed by atoms with Crippen LogP contribution in [0.5, 0.6) is 0 Å². The molecule has 0 unspecified atom stereocenters. The summed E-state index contributed by atoms with van der Waals surface area (Å²) in [6.07, 6.45) is 11.4. The van der Waals surface area contributed by atoms with E-state index in [9.17, 15) is 4.79 Å². The van der Waals surface area contributed by atoms with Crippen molar-refractivity contribution < 1.29 is 4.79 Å². The second-order valence-corrected chi connectivity index (χ2v) is 8.77. The molecule has 1 N–H and O–H groups in total. The van der Waals surface area contributed by atoms with E-state index in [1.807, 2.05) is 18.2 Å². The zero-order valence-corrected chi connectivity index (χ0v) is 17.0. The van der Waals surface area contributed by atoms with Gasteiger partial charge in [-0.3, -0.25) is 4.79 Å². The van der Waals surface area contributed by atoms with Crippen molar-refractivity contribution in [3.63, 3.8) is 0 Å². The van der Waals surface area contributed by atoms with E-state index < -0.39 is 0 Å². The molecule has 2 aromatic rings. The van der Waals surface area contributed by atoms with Crippen molar-refractivity contribution in [2.45, 2.75) is 60.9 Å². The van der Waals surface area contributed by atoms with E-state index in [1.54, 1.807) is 24.2 Å². The predicted molar refractivity (Wildman–Crippen MR) is 113 cm³/mol. The Labute approximate surface area is 171 Å². The molecule has 1 aliphatic heterocycles. The number of anilines is 1. The molecule has 1 saturated carbocycles. The third kappa shape index (κ3) is 4.85. The fraction of sp³-hybridized carbons (Fsp3) is 0.500. The van der Waals surface area contributed by atoms with Gasteiger partial charge in [-0.25, -0.2) is 9.97 Å². The van der Waals surface area contributed by atoms with Gasteiger partial charge in [-0.05, 0) is 37.8 Å². The Morgan fingerprint density at radius 3 is 2.43 bits per heavy atom. The molecule has 148 valence electrons. The molecule has 2 heterocycles. The Bertz CT molecular complexity index is 771. The predicted octanol–water partition coefficient (Wildman–Crippen LogP) is 4.29. The van der Waals surface area contributed by atoms with Crippen LogP contribution in [0.15, 0.2) is 52.6 Å². The maximum Gasteiger partial charge on any atom is 0.223 e. The highest BCUT2D eigenvalue weighted by Gasteiger charge is 2.28. The van der Waals surface area contributed by atoms with Gasteiger partial charge in [0.1, 0.15) is 5.03 Å². The molecule has 1 aromatic carbocycles. The van der Waals surface area contributed by atoms with E-state index in [0.29, 0.717) is 6.04 Å². The van der Waals surface area contributed by atoms with Gasteiger partial charge in [0.15, 0.2) is 5.82 Å². The fourth-order valence-corrected chi connectivity index (χ4v) is 5.03. The summed E-state index contributed by atoms with van der Waals surface area (Å²) in [6.45, 7) is 1.70. The highest BCUT2D eigenvalue weighted by Crippen LogP contribution is 2.33. The van der Waals surface area contributed by atoms with Crippen molar-refractivity contribution in [3.8, 4) is 0 Å². The first kappa shape index (κ1) is 19.2. The van der Waals surface area contributed by atoms with Crippen LogP contribution in [-0.4, -0.2) is 35.0 Å². The molecule has 2 fully saturated rings. The van der Waals surface area contributed by atoms with Crippen LogP contribution in [0, 0.1) is 5.92 Å². The van der Waals surface area contributed by atoms with Crippen molar-refractivity contribution in [3.05, 3.63) is 42.7 Å². The van der Waals surface area contributed by atoms with Crippen molar-refractivity contribution in [2.24, 2.45) is 5.92 Å². The number of hydrogen-bond acceptors (Lipinski definition) is 5. The maximum atomic E-state index is 12.7. The van der Waals surface area contributed by atoms with Gasteiger partial charge in [-0.15, -0.1) is 0 Å². The molecule has 4 rings (SSSR count). The average molecular weight is 397 g/mol. The lowest BCUT2D eigenvalue weighted by molar-refractivity contribution is -0.126. The third-order valence-corrected chi connectivity index (χ3v) is 6.71. The SMILES string of the molecule is O=C(NC1CCCCC1)C1CCN(c2nccnc2Sc2ccccc2)CC1. The molecule has 1 saturated heterocycles. The molecule has 28 heavy (non-hydrogen) atoms. The minimum atomic E-state index is 0.125. The summed E-state index contributed by atoms with van der Waals surface area (Å²) >= 11 is 1.64. The molecule has 1 amide bonds. The van der Waals surface area contributed by atoms with Gasteiger partial charge in [0.2, 0.25) is 5.91 Å². The summed E-state index contributed by atoms with van der Waals surface area (Å²) in [4.78, 5) is 25.3. The molecule has 0 bridgehead atoms. The Hall–Kier alpha value is -2.08. The van der Waals surface area contributed by atoms with Crippen molar-refractivity contribution >= 4 is 23.5 Å². The molecule has 6 heteroatoms. The highest BCUT2D eigenvalue weighted by atomic mass is 32.2. The number of carbonyl (C=O) groups excluding carboxylic acids is 1. The van der Waals surface area contributed by atoms with Crippen LogP contribution in [-0.2, 0) is 4.79 Å². The number of nitrogens with one attached hydrogen (secondary N) is 1. The monoisotopic (exact) mass is 396 g/mol. The molecule has 2 aliphatic rings. The molecule has 1 aromatic heterocycles. The molecule has 0 atom stereocenters. The van der Waals surface area contributed by atoms with Crippen LogP contribution < -0.4 is 10.2 Å². The summed E-state index contributed by atoms with van der Waals surface area (Å²) in [5, 5.41) is 4.23. The van der Waals surface area contributed by atoms with E-state index in [-0.39, 0.29) is 11.8 Å². The number of carbonyl (C=O) groups is 1. The van der Waals surface area contributed by atoms with Crippen LogP contribution in [0.25, 0.3) is 0 Å². The van der Waals surface area contributed by atoms with Crippen molar-refractivity contribution in [1.29, 1.82) is 0 Å². The topological polar surface area (TPSA) is 58.1 Å². The van der Waals surface area contributed by atoms with Gasteiger partial charge in [-0.2, -0.15) is 0 Å². The summed E-state index contributed by atoms with van der Waals surface area (Å²) in [7, 11) is 0. The lowest BCUT2D eigenvalue weighted by Crippen LogP contribution is -2.44. The lowest BCUT2D eigenvalue weighted by atomic mass is 9.92. The number of amides is 1. The van der Waals surface area contributed by atoms with Gasteiger partial charge in [-0.1, -0.05) is 49.2 Å². The minimum Gasteiger partial charge on any atom is -0.354 e. The Balaban J connectivity index is 1.35. The molecule has 0 spiro atoms. The quantitative estimate of drug-likeness (QED) is 0.817. The second kappa shape index (κ2) is 9.41. The maximum absolute atomic E-state index is 12.7.